The first-order valence-electron chi connectivity index (χ1n) is 6.28. The normalized spacial score (nSPS) is 10.1. The first kappa shape index (κ1) is 14.0. The Bertz CT molecular complexity index is 558. The number of hydrogen-bond acceptors (Lipinski definition) is 4. The van der Waals surface area contributed by atoms with E-state index in [1.165, 1.54) is 0 Å². The standard InChI is InChI=1S/C15H16N2O3/c18-10-15(19)16-9-12-5-4-6-13(17-12)11-20-14-7-2-1-3-8-14/h1-8,18H,9-11H2,(H,16,19). The van der Waals surface area contributed by atoms with Crippen molar-refractivity contribution in [2.75, 3.05) is 6.61 Å². The first-order valence-corrected chi connectivity index (χ1v) is 6.28. The summed E-state index contributed by atoms with van der Waals surface area (Å²) in [5.41, 5.74) is 1.51. The zero-order valence-corrected chi connectivity index (χ0v) is 11.0. The van der Waals surface area contributed by atoms with Crippen molar-refractivity contribution in [3.63, 3.8) is 0 Å². The largest absolute Gasteiger partial charge is 0.487 e. The number of ether oxygens (including phenoxy) is 1. The zero-order valence-electron chi connectivity index (χ0n) is 11.0. The zero-order chi connectivity index (χ0) is 14.2. The van der Waals surface area contributed by atoms with Crippen molar-refractivity contribution < 1.29 is 14.6 Å². The summed E-state index contributed by atoms with van der Waals surface area (Å²) in [5.74, 6) is 0.367. The van der Waals surface area contributed by atoms with Crippen LogP contribution in [-0.2, 0) is 17.9 Å². The highest BCUT2D eigenvalue weighted by molar-refractivity contribution is 5.76. The van der Waals surface area contributed by atoms with E-state index in [2.05, 4.69) is 10.3 Å². The molecule has 2 rings (SSSR count). The van der Waals surface area contributed by atoms with Crippen LogP contribution in [0.25, 0.3) is 0 Å². The molecule has 2 aromatic rings. The average molecular weight is 272 g/mol. The van der Waals surface area contributed by atoms with Crippen LogP contribution in [0.1, 0.15) is 11.4 Å². The number of amides is 1. The maximum Gasteiger partial charge on any atom is 0.246 e. The van der Waals surface area contributed by atoms with E-state index >= 15 is 0 Å². The number of benzene rings is 1. The number of pyridine rings is 1. The molecule has 0 saturated heterocycles. The molecule has 20 heavy (non-hydrogen) atoms. The van der Waals surface area contributed by atoms with E-state index in [9.17, 15) is 4.79 Å². The molecule has 1 amide bonds. The van der Waals surface area contributed by atoms with Crippen LogP contribution in [0.4, 0.5) is 0 Å². The number of carbonyl (C=O) groups is 1. The Kier molecular flexibility index (Phi) is 5.08. The summed E-state index contributed by atoms with van der Waals surface area (Å²) in [6.45, 7) is 0.140. The van der Waals surface area contributed by atoms with Gasteiger partial charge in [0.2, 0.25) is 5.91 Å². The van der Waals surface area contributed by atoms with Crippen LogP contribution in [0.2, 0.25) is 0 Å². The minimum atomic E-state index is -0.517. The van der Waals surface area contributed by atoms with Crippen molar-refractivity contribution in [2.45, 2.75) is 13.2 Å². The van der Waals surface area contributed by atoms with E-state index in [-0.39, 0.29) is 0 Å². The van der Waals surface area contributed by atoms with Gasteiger partial charge in [-0.3, -0.25) is 9.78 Å². The average Bonchev–Trinajstić information content (AvgIpc) is 2.52. The number of aromatic nitrogens is 1. The van der Waals surface area contributed by atoms with Crippen LogP contribution in [0.3, 0.4) is 0 Å². The maximum absolute atomic E-state index is 11.0. The van der Waals surface area contributed by atoms with Gasteiger partial charge in [0.25, 0.3) is 0 Å². The highest BCUT2D eigenvalue weighted by Gasteiger charge is 2.02. The smallest absolute Gasteiger partial charge is 0.246 e. The second-order valence-electron chi connectivity index (χ2n) is 4.16. The minimum Gasteiger partial charge on any atom is -0.487 e. The summed E-state index contributed by atoms with van der Waals surface area (Å²) in [7, 11) is 0. The molecule has 1 heterocycles. The molecule has 1 aromatic heterocycles. The highest BCUT2D eigenvalue weighted by atomic mass is 16.5. The van der Waals surface area contributed by atoms with E-state index in [1.807, 2.05) is 48.5 Å². The van der Waals surface area contributed by atoms with Gasteiger partial charge in [-0.15, -0.1) is 0 Å². The molecule has 5 heteroatoms. The third-order valence-electron chi connectivity index (χ3n) is 2.60. The van der Waals surface area contributed by atoms with Gasteiger partial charge < -0.3 is 15.2 Å². The lowest BCUT2D eigenvalue weighted by molar-refractivity contribution is -0.123. The number of nitrogens with one attached hydrogen (secondary N) is 1. The van der Waals surface area contributed by atoms with E-state index in [0.29, 0.717) is 13.2 Å². The number of aliphatic hydroxyl groups is 1. The van der Waals surface area contributed by atoms with Crippen molar-refractivity contribution in [1.29, 1.82) is 0 Å². The first-order chi connectivity index (χ1) is 9.78. The summed E-state index contributed by atoms with van der Waals surface area (Å²) >= 11 is 0. The van der Waals surface area contributed by atoms with Gasteiger partial charge in [-0.1, -0.05) is 24.3 Å². The number of rotatable bonds is 6. The van der Waals surface area contributed by atoms with Gasteiger partial charge >= 0.3 is 0 Å². The van der Waals surface area contributed by atoms with Gasteiger partial charge in [-0.25, -0.2) is 0 Å². The fraction of sp³-hybridized carbons (Fsp3) is 0.200. The van der Waals surface area contributed by atoms with E-state index in [4.69, 9.17) is 9.84 Å². The lowest BCUT2D eigenvalue weighted by atomic mass is 10.3. The Hall–Kier alpha value is -2.40. The number of carbonyl (C=O) groups excluding carboxylic acids is 1. The van der Waals surface area contributed by atoms with Crippen molar-refractivity contribution in [1.82, 2.24) is 10.3 Å². The summed E-state index contributed by atoms with van der Waals surface area (Å²) < 4.78 is 5.60. The lowest BCUT2D eigenvalue weighted by Gasteiger charge is -2.07. The second kappa shape index (κ2) is 7.25. The predicted octanol–water partition coefficient (Wildman–Crippen LogP) is 1.27. The molecule has 104 valence electrons. The fourth-order valence-electron chi connectivity index (χ4n) is 1.63. The molecule has 0 saturated carbocycles. The van der Waals surface area contributed by atoms with Gasteiger partial charge in [0.1, 0.15) is 19.0 Å². The molecule has 2 N–H and O–H groups in total. The Balaban J connectivity index is 1.90. The van der Waals surface area contributed by atoms with Crippen LogP contribution in [-0.4, -0.2) is 22.6 Å². The maximum atomic E-state index is 11.0. The van der Waals surface area contributed by atoms with Crippen molar-refractivity contribution in [3.05, 3.63) is 59.9 Å². The summed E-state index contributed by atoms with van der Waals surface area (Å²) in [6.07, 6.45) is 0. The Labute approximate surface area is 117 Å². The van der Waals surface area contributed by atoms with Crippen molar-refractivity contribution in [3.8, 4) is 5.75 Å². The Morgan fingerprint density at radius 2 is 1.85 bits per heavy atom. The molecule has 0 unspecified atom stereocenters. The van der Waals surface area contributed by atoms with Crippen LogP contribution in [0, 0.1) is 0 Å². The second-order valence-corrected chi connectivity index (χ2v) is 4.16. The summed E-state index contributed by atoms with van der Waals surface area (Å²) in [4.78, 5) is 15.3. The van der Waals surface area contributed by atoms with Gasteiger partial charge in [0.05, 0.1) is 17.9 Å². The van der Waals surface area contributed by atoms with E-state index in [1.54, 1.807) is 0 Å². The minimum absolute atomic E-state index is 0.290. The third kappa shape index (κ3) is 4.37. The van der Waals surface area contributed by atoms with Gasteiger partial charge in [-0.05, 0) is 24.3 Å². The van der Waals surface area contributed by atoms with Crippen LogP contribution >= 0.6 is 0 Å². The van der Waals surface area contributed by atoms with Crippen LogP contribution in [0.5, 0.6) is 5.75 Å². The molecule has 0 atom stereocenters. The molecule has 0 radical (unpaired) electrons. The van der Waals surface area contributed by atoms with E-state index < -0.39 is 12.5 Å². The molecule has 0 aliphatic heterocycles. The highest BCUT2D eigenvalue weighted by Crippen LogP contribution is 2.10. The molecule has 0 bridgehead atoms. The molecule has 0 fully saturated rings. The van der Waals surface area contributed by atoms with Gasteiger partial charge in [0.15, 0.2) is 0 Å². The fourth-order valence-corrected chi connectivity index (χ4v) is 1.63. The number of aliphatic hydroxyl groups excluding tert-OH is 1. The molecular formula is C15H16N2O3. The molecular weight excluding hydrogens is 256 g/mol. The van der Waals surface area contributed by atoms with Gasteiger partial charge in [-0.2, -0.15) is 0 Å². The number of nitrogens with zero attached hydrogens (tertiary/aromatic N) is 1. The predicted molar refractivity (Wildman–Crippen MR) is 73.9 cm³/mol. The molecule has 0 aliphatic carbocycles. The van der Waals surface area contributed by atoms with Crippen molar-refractivity contribution >= 4 is 5.91 Å². The van der Waals surface area contributed by atoms with E-state index in [0.717, 1.165) is 17.1 Å². The Morgan fingerprint density at radius 1 is 1.10 bits per heavy atom. The molecule has 1 aromatic carbocycles. The quantitative estimate of drug-likeness (QED) is 0.830. The van der Waals surface area contributed by atoms with Crippen LogP contribution in [0.15, 0.2) is 48.5 Å². The monoisotopic (exact) mass is 272 g/mol. The SMILES string of the molecule is O=C(CO)NCc1cccc(COc2ccccc2)n1. The summed E-state index contributed by atoms with van der Waals surface area (Å²) in [6, 6.07) is 15.0. The van der Waals surface area contributed by atoms with Crippen molar-refractivity contribution in [2.24, 2.45) is 0 Å². The lowest BCUT2D eigenvalue weighted by Crippen LogP contribution is -2.26. The van der Waals surface area contributed by atoms with Gasteiger partial charge in [0, 0.05) is 0 Å². The number of para-hydroxylation sites is 1. The number of hydrogen-bond donors (Lipinski definition) is 2. The van der Waals surface area contributed by atoms with Crippen LogP contribution < -0.4 is 10.1 Å². The molecule has 0 spiro atoms. The molecule has 5 nitrogen and oxygen atoms in total. The Morgan fingerprint density at radius 3 is 2.60 bits per heavy atom. The third-order valence-corrected chi connectivity index (χ3v) is 2.60. The summed E-state index contributed by atoms with van der Waals surface area (Å²) in [5, 5.41) is 11.2. The molecule has 0 aliphatic rings. The topological polar surface area (TPSA) is 71.5 Å².